The Labute approximate surface area is 195 Å². The molecule has 3 rings (SSSR count). The maximum atomic E-state index is 13.8. The molecule has 0 bridgehead atoms. The number of carbonyl (C=O) groups is 2. The SMILES string of the molecule is CCOc1ccc(C2=C(N(CCOC)CCOC)C(=O)N(c3cc(C)cc(C)c3)C2=O)cc1. The highest BCUT2D eigenvalue weighted by molar-refractivity contribution is 6.45. The fraction of sp³-hybridized carbons (Fsp3) is 0.385. The number of hydrogen-bond acceptors (Lipinski definition) is 6. The highest BCUT2D eigenvalue weighted by atomic mass is 16.5. The molecule has 0 saturated heterocycles. The second-order valence-corrected chi connectivity index (χ2v) is 7.95. The first kappa shape index (κ1) is 24.5. The number of aryl methyl sites for hydroxylation is 2. The van der Waals surface area contributed by atoms with E-state index in [4.69, 9.17) is 14.2 Å². The van der Waals surface area contributed by atoms with Crippen molar-refractivity contribution in [3.05, 3.63) is 64.9 Å². The molecular weight excluding hydrogens is 420 g/mol. The Morgan fingerprint density at radius 1 is 0.848 bits per heavy atom. The van der Waals surface area contributed by atoms with Gasteiger partial charge in [0.2, 0.25) is 0 Å². The molecule has 0 N–H and O–H groups in total. The van der Waals surface area contributed by atoms with Crippen LogP contribution in [0, 0.1) is 13.8 Å². The standard InChI is InChI=1S/C26H32N2O5/c1-6-33-22-9-7-20(8-10-22)23-24(27(11-13-31-4)12-14-32-5)26(30)28(25(23)29)21-16-18(2)15-19(3)17-21/h7-10,15-17H,6,11-14H2,1-5H3. The second-order valence-electron chi connectivity index (χ2n) is 7.95. The first-order valence-corrected chi connectivity index (χ1v) is 11.1. The molecule has 0 spiro atoms. The van der Waals surface area contributed by atoms with E-state index in [1.165, 1.54) is 4.90 Å². The second kappa shape index (κ2) is 11.1. The van der Waals surface area contributed by atoms with E-state index < -0.39 is 0 Å². The van der Waals surface area contributed by atoms with E-state index in [1.807, 2.05) is 68.1 Å². The largest absolute Gasteiger partial charge is 0.494 e. The third kappa shape index (κ3) is 5.43. The molecule has 1 heterocycles. The van der Waals surface area contributed by atoms with Gasteiger partial charge in [-0.05, 0) is 61.7 Å². The fourth-order valence-electron chi connectivity index (χ4n) is 4.01. The average Bonchev–Trinajstić information content (AvgIpc) is 3.04. The maximum Gasteiger partial charge on any atom is 0.282 e. The van der Waals surface area contributed by atoms with Crippen molar-refractivity contribution in [1.82, 2.24) is 4.90 Å². The van der Waals surface area contributed by atoms with Crippen molar-refractivity contribution in [3.63, 3.8) is 0 Å². The van der Waals surface area contributed by atoms with E-state index >= 15 is 0 Å². The topological polar surface area (TPSA) is 68.3 Å². The first-order chi connectivity index (χ1) is 15.9. The molecule has 1 aliphatic rings. The number of hydrogen-bond donors (Lipinski definition) is 0. The summed E-state index contributed by atoms with van der Waals surface area (Å²) in [7, 11) is 3.22. The van der Waals surface area contributed by atoms with Gasteiger partial charge in [-0.25, -0.2) is 4.90 Å². The molecule has 1 aliphatic heterocycles. The quantitative estimate of drug-likeness (QED) is 0.486. The molecule has 176 valence electrons. The Kier molecular flexibility index (Phi) is 8.25. The molecule has 0 aromatic heterocycles. The lowest BCUT2D eigenvalue weighted by Crippen LogP contribution is -2.37. The number of rotatable bonds is 11. The molecule has 33 heavy (non-hydrogen) atoms. The van der Waals surface area contributed by atoms with Crippen LogP contribution in [-0.4, -0.2) is 63.8 Å². The van der Waals surface area contributed by atoms with Gasteiger partial charge in [-0.15, -0.1) is 0 Å². The first-order valence-electron chi connectivity index (χ1n) is 11.1. The Morgan fingerprint density at radius 3 is 1.94 bits per heavy atom. The van der Waals surface area contributed by atoms with Gasteiger partial charge < -0.3 is 19.1 Å². The van der Waals surface area contributed by atoms with Crippen molar-refractivity contribution in [2.24, 2.45) is 0 Å². The van der Waals surface area contributed by atoms with Gasteiger partial charge in [0.25, 0.3) is 11.8 Å². The summed E-state index contributed by atoms with van der Waals surface area (Å²) in [6.45, 7) is 8.10. The zero-order valence-electron chi connectivity index (χ0n) is 20.0. The third-order valence-electron chi connectivity index (χ3n) is 5.42. The number of methoxy groups -OCH3 is 2. The summed E-state index contributed by atoms with van der Waals surface area (Å²) in [6, 6.07) is 13.0. The van der Waals surface area contributed by atoms with Crippen molar-refractivity contribution in [2.75, 3.05) is 52.0 Å². The minimum atomic E-state index is -0.346. The Bertz CT molecular complexity index is 1000. The van der Waals surface area contributed by atoms with E-state index in [0.29, 0.717) is 61.2 Å². The highest BCUT2D eigenvalue weighted by Crippen LogP contribution is 2.36. The number of imide groups is 1. The minimum Gasteiger partial charge on any atom is -0.494 e. The molecule has 0 aliphatic carbocycles. The monoisotopic (exact) mass is 452 g/mol. The van der Waals surface area contributed by atoms with Crippen molar-refractivity contribution >= 4 is 23.1 Å². The number of benzene rings is 2. The molecule has 2 aromatic carbocycles. The van der Waals surface area contributed by atoms with Crippen LogP contribution in [0.5, 0.6) is 5.75 Å². The van der Waals surface area contributed by atoms with Crippen LogP contribution in [-0.2, 0) is 19.1 Å². The van der Waals surface area contributed by atoms with Gasteiger partial charge in [-0.1, -0.05) is 18.2 Å². The molecule has 0 radical (unpaired) electrons. The van der Waals surface area contributed by atoms with Gasteiger partial charge in [-0.3, -0.25) is 9.59 Å². The normalized spacial score (nSPS) is 13.8. The Morgan fingerprint density at radius 2 is 1.42 bits per heavy atom. The van der Waals surface area contributed by atoms with Crippen LogP contribution >= 0.6 is 0 Å². The highest BCUT2D eigenvalue weighted by Gasteiger charge is 2.42. The van der Waals surface area contributed by atoms with Crippen molar-refractivity contribution in [3.8, 4) is 5.75 Å². The van der Waals surface area contributed by atoms with E-state index in [9.17, 15) is 9.59 Å². The summed E-state index contributed by atoms with van der Waals surface area (Å²) in [6.07, 6.45) is 0. The van der Waals surface area contributed by atoms with E-state index in [0.717, 1.165) is 11.1 Å². The predicted molar refractivity (Wildman–Crippen MR) is 128 cm³/mol. The van der Waals surface area contributed by atoms with Crippen LogP contribution in [0.3, 0.4) is 0 Å². The minimum absolute atomic E-state index is 0.344. The maximum absolute atomic E-state index is 13.8. The lowest BCUT2D eigenvalue weighted by Gasteiger charge is -2.25. The summed E-state index contributed by atoms with van der Waals surface area (Å²) in [5.74, 6) is 0.0204. The molecular formula is C26H32N2O5. The van der Waals surface area contributed by atoms with Crippen molar-refractivity contribution < 1.29 is 23.8 Å². The van der Waals surface area contributed by atoms with Crippen LogP contribution in [0.1, 0.15) is 23.6 Å². The number of anilines is 1. The molecule has 0 unspecified atom stereocenters. The number of carbonyl (C=O) groups excluding carboxylic acids is 2. The smallest absolute Gasteiger partial charge is 0.282 e. The lowest BCUT2D eigenvalue weighted by atomic mass is 10.0. The van der Waals surface area contributed by atoms with Crippen LogP contribution < -0.4 is 9.64 Å². The van der Waals surface area contributed by atoms with E-state index in [-0.39, 0.29) is 11.8 Å². The summed E-state index contributed by atoms with van der Waals surface area (Å²) >= 11 is 0. The van der Waals surface area contributed by atoms with Gasteiger partial charge in [0.1, 0.15) is 11.4 Å². The van der Waals surface area contributed by atoms with Crippen molar-refractivity contribution in [1.29, 1.82) is 0 Å². The summed E-state index contributed by atoms with van der Waals surface area (Å²) in [5.41, 5.74) is 3.93. The molecule has 2 aromatic rings. The molecule has 0 fully saturated rings. The van der Waals surface area contributed by atoms with Gasteiger partial charge >= 0.3 is 0 Å². The lowest BCUT2D eigenvalue weighted by molar-refractivity contribution is -0.120. The molecule has 0 saturated carbocycles. The Hall–Kier alpha value is -3.16. The summed E-state index contributed by atoms with van der Waals surface area (Å²) in [5, 5.41) is 0. The van der Waals surface area contributed by atoms with Crippen LogP contribution in [0.4, 0.5) is 5.69 Å². The zero-order chi connectivity index (χ0) is 24.0. The number of amides is 2. The fourth-order valence-corrected chi connectivity index (χ4v) is 4.01. The van der Waals surface area contributed by atoms with Crippen LogP contribution in [0.2, 0.25) is 0 Å². The van der Waals surface area contributed by atoms with E-state index in [1.54, 1.807) is 14.2 Å². The van der Waals surface area contributed by atoms with Gasteiger partial charge in [0, 0.05) is 27.3 Å². The molecule has 0 atom stereocenters. The molecule has 2 amide bonds. The third-order valence-corrected chi connectivity index (χ3v) is 5.42. The van der Waals surface area contributed by atoms with Crippen molar-refractivity contribution in [2.45, 2.75) is 20.8 Å². The zero-order valence-corrected chi connectivity index (χ0v) is 20.0. The van der Waals surface area contributed by atoms with Gasteiger partial charge in [0.05, 0.1) is 31.1 Å². The van der Waals surface area contributed by atoms with Crippen LogP contribution in [0.25, 0.3) is 5.57 Å². The predicted octanol–water partition coefficient (Wildman–Crippen LogP) is 3.58. The van der Waals surface area contributed by atoms with Gasteiger partial charge in [-0.2, -0.15) is 0 Å². The average molecular weight is 453 g/mol. The van der Waals surface area contributed by atoms with E-state index in [2.05, 4.69) is 0 Å². The molecule has 7 nitrogen and oxygen atoms in total. The van der Waals surface area contributed by atoms with Gasteiger partial charge in [0.15, 0.2) is 0 Å². The Balaban J connectivity index is 2.12. The van der Waals surface area contributed by atoms with Crippen LogP contribution in [0.15, 0.2) is 48.2 Å². The number of ether oxygens (including phenoxy) is 3. The summed E-state index contributed by atoms with van der Waals surface area (Å²) in [4.78, 5) is 30.6. The number of nitrogens with zero attached hydrogens (tertiary/aromatic N) is 2. The summed E-state index contributed by atoms with van der Waals surface area (Å²) < 4.78 is 16.1. The molecule has 7 heteroatoms.